The Morgan fingerprint density at radius 3 is 2.39 bits per heavy atom. The Balaban J connectivity index is 1.99. The molecule has 2 aromatic rings. The van der Waals surface area contributed by atoms with Crippen molar-refractivity contribution < 1.29 is 17.9 Å². The molecule has 3 N–H and O–H groups in total. The van der Waals surface area contributed by atoms with Crippen molar-refractivity contribution in [2.24, 2.45) is 5.10 Å². The minimum absolute atomic E-state index is 0.0135. The van der Waals surface area contributed by atoms with Gasteiger partial charge in [-0.15, -0.1) is 0 Å². The third-order valence-corrected chi connectivity index (χ3v) is 6.76. The molecule has 1 unspecified atom stereocenters. The number of hydrogen-bond donors (Lipinski definition) is 3. The molecule has 0 saturated heterocycles. The molecule has 2 atom stereocenters. The van der Waals surface area contributed by atoms with Crippen LogP contribution in [0, 0.1) is 5.82 Å². The van der Waals surface area contributed by atoms with E-state index in [-0.39, 0.29) is 26.6 Å². The summed E-state index contributed by atoms with van der Waals surface area (Å²) in [6.07, 6.45) is -1.28. The van der Waals surface area contributed by atoms with Crippen molar-refractivity contribution in [2.45, 2.75) is 50.3 Å². The highest BCUT2D eigenvalue weighted by Gasteiger charge is 2.31. The van der Waals surface area contributed by atoms with Crippen molar-refractivity contribution in [1.82, 2.24) is 10.3 Å². The van der Waals surface area contributed by atoms with Gasteiger partial charge in [0.15, 0.2) is 5.84 Å². The number of aliphatic hydroxyl groups is 1. The zero-order chi connectivity index (χ0) is 23.1. The van der Waals surface area contributed by atoms with Gasteiger partial charge in [0.05, 0.1) is 21.7 Å². The number of hydrogen-bond acceptors (Lipinski definition) is 6. The SMILES string of the molecule is C[C@@H](O)C1NN=C(c2cc(Cl)c(F)cc2NS(=O)(=O)c2ccc(C(C)(C)C)cc2)N1C. The molecular weight excluding hydrogens is 443 g/mol. The Morgan fingerprint density at radius 2 is 1.87 bits per heavy atom. The van der Waals surface area contributed by atoms with Crippen LogP contribution in [0.25, 0.3) is 0 Å². The highest BCUT2D eigenvalue weighted by atomic mass is 35.5. The number of rotatable bonds is 5. The molecule has 0 spiro atoms. The number of sulfonamides is 1. The summed E-state index contributed by atoms with van der Waals surface area (Å²) in [6, 6.07) is 8.86. The molecule has 0 aliphatic carbocycles. The predicted molar refractivity (Wildman–Crippen MR) is 120 cm³/mol. The lowest BCUT2D eigenvalue weighted by molar-refractivity contribution is 0.101. The molecule has 0 amide bonds. The Hall–Kier alpha value is -2.36. The number of amidine groups is 1. The van der Waals surface area contributed by atoms with E-state index in [1.807, 2.05) is 20.8 Å². The second-order valence-corrected chi connectivity index (χ2v) is 10.6. The van der Waals surface area contributed by atoms with Crippen LogP contribution >= 0.6 is 11.6 Å². The van der Waals surface area contributed by atoms with Gasteiger partial charge in [0.1, 0.15) is 12.0 Å². The van der Waals surface area contributed by atoms with Crippen LogP contribution in [-0.4, -0.2) is 43.6 Å². The normalized spacial score (nSPS) is 17.9. The molecule has 2 aromatic carbocycles. The van der Waals surface area contributed by atoms with Crippen molar-refractivity contribution in [2.75, 3.05) is 11.8 Å². The molecule has 7 nitrogen and oxygen atoms in total. The van der Waals surface area contributed by atoms with Crippen molar-refractivity contribution in [3.05, 3.63) is 58.4 Å². The molecule has 1 aliphatic heterocycles. The van der Waals surface area contributed by atoms with E-state index >= 15 is 0 Å². The molecule has 0 fully saturated rings. The van der Waals surface area contributed by atoms with Crippen LogP contribution in [0.15, 0.2) is 46.4 Å². The van der Waals surface area contributed by atoms with Crippen LogP contribution in [0.2, 0.25) is 5.02 Å². The first kappa shape index (κ1) is 23.3. The van der Waals surface area contributed by atoms with E-state index < -0.39 is 28.1 Å². The van der Waals surface area contributed by atoms with E-state index in [0.717, 1.165) is 11.6 Å². The highest BCUT2D eigenvalue weighted by Crippen LogP contribution is 2.30. The quantitative estimate of drug-likeness (QED) is 0.624. The highest BCUT2D eigenvalue weighted by molar-refractivity contribution is 7.92. The summed E-state index contributed by atoms with van der Waals surface area (Å²) in [5, 5.41) is 13.9. The fourth-order valence-electron chi connectivity index (χ4n) is 3.26. The topological polar surface area (TPSA) is 94.0 Å². The van der Waals surface area contributed by atoms with Gasteiger partial charge in [0.2, 0.25) is 0 Å². The molecule has 1 aliphatic rings. The first-order valence-electron chi connectivity index (χ1n) is 9.68. The van der Waals surface area contributed by atoms with Gasteiger partial charge in [0.25, 0.3) is 10.0 Å². The average molecular weight is 469 g/mol. The van der Waals surface area contributed by atoms with Gasteiger partial charge >= 0.3 is 0 Å². The maximum atomic E-state index is 14.2. The van der Waals surface area contributed by atoms with Crippen molar-refractivity contribution >= 4 is 33.1 Å². The minimum Gasteiger partial charge on any atom is -0.389 e. The van der Waals surface area contributed by atoms with Crippen molar-refractivity contribution in [3.63, 3.8) is 0 Å². The second kappa shape index (κ2) is 8.29. The lowest BCUT2D eigenvalue weighted by Gasteiger charge is -2.25. The number of likely N-dealkylation sites (N-methyl/N-ethyl adjacent to an activating group) is 1. The molecule has 0 bridgehead atoms. The number of nitrogens with zero attached hydrogens (tertiary/aromatic N) is 2. The van der Waals surface area contributed by atoms with Gasteiger partial charge in [-0.3, -0.25) is 10.1 Å². The van der Waals surface area contributed by atoms with E-state index in [1.54, 1.807) is 31.0 Å². The fraction of sp³-hybridized carbons (Fsp3) is 0.381. The second-order valence-electron chi connectivity index (χ2n) is 8.55. The van der Waals surface area contributed by atoms with Gasteiger partial charge in [-0.25, -0.2) is 12.8 Å². The largest absolute Gasteiger partial charge is 0.389 e. The molecule has 1 heterocycles. The molecule has 0 aromatic heterocycles. The minimum atomic E-state index is -4.01. The van der Waals surface area contributed by atoms with E-state index in [1.165, 1.54) is 18.2 Å². The van der Waals surface area contributed by atoms with Crippen LogP contribution in [0.3, 0.4) is 0 Å². The number of halogens is 2. The van der Waals surface area contributed by atoms with Gasteiger partial charge < -0.3 is 10.0 Å². The number of nitrogens with one attached hydrogen (secondary N) is 2. The Kier molecular flexibility index (Phi) is 6.23. The summed E-state index contributed by atoms with van der Waals surface area (Å²) >= 11 is 5.96. The van der Waals surface area contributed by atoms with Gasteiger partial charge in [0, 0.05) is 18.7 Å². The Morgan fingerprint density at radius 1 is 1.26 bits per heavy atom. The molecule has 168 valence electrons. The van der Waals surface area contributed by atoms with Crippen LogP contribution in [0.4, 0.5) is 10.1 Å². The molecule has 0 saturated carbocycles. The maximum absolute atomic E-state index is 14.2. The lowest BCUT2D eigenvalue weighted by atomic mass is 9.87. The summed E-state index contributed by atoms with van der Waals surface area (Å²) in [5.74, 6) is -0.457. The standard InChI is InChI=1S/C21H26ClFN4O3S/c1-12(28)19-24-25-20(27(19)5)15-10-16(22)17(23)11-18(15)26-31(29,30)14-8-6-13(7-9-14)21(2,3)4/h6-12,19,24,26,28H,1-5H3/t12-,19?/m1/s1. The van der Waals surface area contributed by atoms with E-state index in [9.17, 15) is 17.9 Å². The summed E-state index contributed by atoms with van der Waals surface area (Å²) in [7, 11) is -2.33. The molecule has 3 rings (SSSR count). The summed E-state index contributed by atoms with van der Waals surface area (Å²) in [6.45, 7) is 7.69. The zero-order valence-corrected chi connectivity index (χ0v) is 19.5. The van der Waals surface area contributed by atoms with Crippen molar-refractivity contribution in [1.29, 1.82) is 0 Å². The number of aliphatic hydroxyl groups excluding tert-OH is 1. The third kappa shape index (κ3) is 4.78. The smallest absolute Gasteiger partial charge is 0.261 e. The van der Waals surface area contributed by atoms with Gasteiger partial charge in [-0.1, -0.05) is 44.5 Å². The monoisotopic (exact) mass is 468 g/mol. The summed E-state index contributed by atoms with van der Waals surface area (Å²) < 4.78 is 42.7. The molecular formula is C21H26ClFN4O3S. The van der Waals surface area contributed by atoms with Crippen molar-refractivity contribution in [3.8, 4) is 0 Å². The van der Waals surface area contributed by atoms with Crippen LogP contribution < -0.4 is 10.1 Å². The maximum Gasteiger partial charge on any atom is 0.261 e. The van der Waals surface area contributed by atoms with Crippen LogP contribution in [-0.2, 0) is 15.4 Å². The van der Waals surface area contributed by atoms with E-state index in [0.29, 0.717) is 5.84 Å². The average Bonchev–Trinajstić information content (AvgIpc) is 3.05. The van der Waals surface area contributed by atoms with E-state index in [2.05, 4.69) is 15.2 Å². The molecule has 0 radical (unpaired) electrons. The number of benzene rings is 2. The van der Waals surface area contributed by atoms with Gasteiger partial charge in [-0.2, -0.15) is 5.10 Å². The van der Waals surface area contributed by atoms with E-state index in [4.69, 9.17) is 11.6 Å². The third-order valence-electron chi connectivity index (χ3n) is 5.09. The summed E-state index contributed by atoms with van der Waals surface area (Å²) in [5.41, 5.74) is 3.91. The Bertz CT molecular complexity index is 1110. The first-order valence-corrected chi connectivity index (χ1v) is 11.5. The number of anilines is 1. The predicted octanol–water partition coefficient (Wildman–Crippen LogP) is 3.48. The zero-order valence-electron chi connectivity index (χ0n) is 17.9. The number of hydrazone groups is 1. The molecule has 31 heavy (non-hydrogen) atoms. The van der Waals surface area contributed by atoms with Gasteiger partial charge in [-0.05, 0) is 36.1 Å². The first-order chi connectivity index (χ1) is 14.3. The Labute approximate surface area is 187 Å². The van der Waals surface area contributed by atoms with Crippen LogP contribution in [0.5, 0.6) is 0 Å². The van der Waals surface area contributed by atoms with Crippen LogP contribution in [0.1, 0.15) is 38.8 Å². The molecule has 10 heteroatoms. The lowest BCUT2D eigenvalue weighted by Crippen LogP contribution is -2.45. The fourth-order valence-corrected chi connectivity index (χ4v) is 4.49. The summed E-state index contributed by atoms with van der Waals surface area (Å²) in [4.78, 5) is 1.67.